The monoisotopic (exact) mass is 279 g/mol. The molecule has 0 bridgehead atoms. The first-order chi connectivity index (χ1) is 10.3. The Morgan fingerprint density at radius 3 is 2.71 bits per heavy atom. The highest BCUT2D eigenvalue weighted by Gasteiger charge is 2.15. The zero-order valence-corrected chi connectivity index (χ0v) is 10.7. The molecule has 21 heavy (non-hydrogen) atoms. The van der Waals surface area contributed by atoms with Gasteiger partial charge in [-0.15, -0.1) is 5.10 Å². The quantitative estimate of drug-likeness (QED) is 0.556. The van der Waals surface area contributed by atoms with Crippen LogP contribution in [-0.2, 0) is 0 Å². The van der Waals surface area contributed by atoms with Crippen LogP contribution in [0.3, 0.4) is 0 Å². The number of aromatic amines is 1. The highest BCUT2D eigenvalue weighted by Crippen LogP contribution is 2.12. The zero-order valence-electron chi connectivity index (χ0n) is 10.7. The maximum atomic E-state index is 12.7. The molecule has 0 amide bonds. The molecule has 0 atom stereocenters. The van der Waals surface area contributed by atoms with Crippen LogP contribution in [0.5, 0.6) is 0 Å². The van der Waals surface area contributed by atoms with E-state index in [1.54, 1.807) is 41.0 Å². The molecule has 4 aromatic heterocycles. The van der Waals surface area contributed by atoms with E-state index in [0.29, 0.717) is 10.9 Å². The van der Waals surface area contributed by atoms with E-state index < -0.39 is 11.2 Å². The largest absolute Gasteiger partial charge is 0.335 e. The SMILES string of the molecule is O=c1[nH]c2nn3ccccc3c2c(=O)n1-c1ccccn1. The Kier molecular flexibility index (Phi) is 2.28. The second kappa shape index (κ2) is 4.14. The van der Waals surface area contributed by atoms with E-state index in [0.717, 1.165) is 4.57 Å². The number of pyridine rings is 2. The van der Waals surface area contributed by atoms with E-state index in [1.807, 2.05) is 6.07 Å². The minimum atomic E-state index is -0.561. The predicted molar refractivity (Wildman–Crippen MR) is 76.7 cm³/mol. The van der Waals surface area contributed by atoms with Crippen LogP contribution in [0.1, 0.15) is 0 Å². The van der Waals surface area contributed by atoms with Gasteiger partial charge in [-0.3, -0.25) is 9.78 Å². The van der Waals surface area contributed by atoms with Gasteiger partial charge in [-0.25, -0.2) is 18.9 Å². The van der Waals surface area contributed by atoms with Crippen molar-refractivity contribution in [3.05, 3.63) is 69.6 Å². The summed E-state index contributed by atoms with van der Waals surface area (Å²) in [4.78, 5) is 31.5. The van der Waals surface area contributed by atoms with Crippen LogP contribution in [0.25, 0.3) is 22.4 Å². The topological polar surface area (TPSA) is 85.0 Å². The predicted octanol–water partition coefficient (Wildman–Crippen LogP) is 0.722. The van der Waals surface area contributed by atoms with Crippen LogP contribution in [0.4, 0.5) is 0 Å². The molecule has 0 aliphatic carbocycles. The molecule has 0 unspecified atom stereocenters. The van der Waals surface area contributed by atoms with E-state index in [2.05, 4.69) is 15.1 Å². The van der Waals surface area contributed by atoms with Gasteiger partial charge in [0, 0.05) is 12.4 Å². The van der Waals surface area contributed by atoms with Crippen LogP contribution in [0, 0.1) is 0 Å². The van der Waals surface area contributed by atoms with Crippen molar-refractivity contribution < 1.29 is 0 Å². The van der Waals surface area contributed by atoms with Crippen molar-refractivity contribution in [1.29, 1.82) is 0 Å². The van der Waals surface area contributed by atoms with Gasteiger partial charge in [-0.1, -0.05) is 12.1 Å². The van der Waals surface area contributed by atoms with Crippen molar-refractivity contribution in [3.63, 3.8) is 0 Å². The summed E-state index contributed by atoms with van der Waals surface area (Å²) in [5, 5.41) is 4.56. The minimum Gasteiger partial charge on any atom is -0.289 e. The molecule has 0 aliphatic heterocycles. The fourth-order valence-corrected chi connectivity index (χ4v) is 2.35. The van der Waals surface area contributed by atoms with Gasteiger partial charge < -0.3 is 0 Å². The lowest BCUT2D eigenvalue weighted by Crippen LogP contribution is -2.33. The van der Waals surface area contributed by atoms with Crippen molar-refractivity contribution in [2.24, 2.45) is 0 Å². The first kappa shape index (κ1) is 11.6. The number of hydrogen-bond donors (Lipinski definition) is 1. The van der Waals surface area contributed by atoms with E-state index in [-0.39, 0.29) is 11.5 Å². The van der Waals surface area contributed by atoms with Gasteiger partial charge in [0.25, 0.3) is 5.56 Å². The summed E-state index contributed by atoms with van der Waals surface area (Å²) in [6.07, 6.45) is 3.25. The van der Waals surface area contributed by atoms with Crippen molar-refractivity contribution in [1.82, 2.24) is 24.1 Å². The first-order valence-electron chi connectivity index (χ1n) is 6.29. The van der Waals surface area contributed by atoms with Crippen molar-refractivity contribution in [2.45, 2.75) is 0 Å². The Balaban J connectivity index is 2.21. The summed E-state index contributed by atoms with van der Waals surface area (Å²) in [6, 6.07) is 10.4. The molecular weight excluding hydrogens is 270 g/mol. The van der Waals surface area contributed by atoms with E-state index in [1.165, 1.54) is 6.20 Å². The molecule has 0 spiro atoms. The first-order valence-corrected chi connectivity index (χ1v) is 6.29. The van der Waals surface area contributed by atoms with Gasteiger partial charge >= 0.3 is 5.69 Å². The maximum absolute atomic E-state index is 12.7. The summed E-state index contributed by atoms with van der Waals surface area (Å²) in [7, 11) is 0. The van der Waals surface area contributed by atoms with Crippen LogP contribution in [0.2, 0.25) is 0 Å². The van der Waals surface area contributed by atoms with Crippen LogP contribution in [0.15, 0.2) is 58.4 Å². The molecule has 7 heteroatoms. The summed E-state index contributed by atoms with van der Waals surface area (Å²) in [5.41, 5.74) is -0.0925. The van der Waals surface area contributed by atoms with Gasteiger partial charge in [0.2, 0.25) is 0 Å². The van der Waals surface area contributed by atoms with E-state index in [4.69, 9.17) is 0 Å². The third kappa shape index (κ3) is 1.61. The van der Waals surface area contributed by atoms with Crippen molar-refractivity contribution >= 4 is 16.6 Å². The normalized spacial score (nSPS) is 11.2. The maximum Gasteiger partial charge on any atom is 0.335 e. The van der Waals surface area contributed by atoms with Crippen LogP contribution in [-0.4, -0.2) is 24.1 Å². The fourth-order valence-electron chi connectivity index (χ4n) is 2.35. The summed E-state index contributed by atoms with van der Waals surface area (Å²) < 4.78 is 2.57. The third-order valence-electron chi connectivity index (χ3n) is 3.26. The highest BCUT2D eigenvalue weighted by molar-refractivity contribution is 5.91. The Morgan fingerprint density at radius 2 is 1.90 bits per heavy atom. The molecule has 4 heterocycles. The molecule has 0 saturated carbocycles. The molecule has 4 aromatic rings. The second-order valence-corrected chi connectivity index (χ2v) is 4.51. The van der Waals surface area contributed by atoms with E-state index in [9.17, 15) is 9.59 Å². The Labute approximate surface area is 117 Å². The van der Waals surface area contributed by atoms with Crippen LogP contribution >= 0.6 is 0 Å². The fraction of sp³-hybridized carbons (Fsp3) is 0. The number of nitrogens with one attached hydrogen (secondary N) is 1. The Hall–Kier alpha value is -3.22. The third-order valence-corrected chi connectivity index (χ3v) is 3.26. The lowest BCUT2D eigenvalue weighted by Gasteiger charge is -2.02. The number of rotatable bonds is 1. The Morgan fingerprint density at radius 1 is 1.05 bits per heavy atom. The standard InChI is InChI=1S/C14H9N5O2/c20-13-11-9-5-2-4-8-18(9)17-12(11)16-14(21)19(13)10-6-1-3-7-15-10/h1-8H,(H,16,17,21). The molecule has 4 rings (SSSR count). The van der Waals surface area contributed by atoms with Gasteiger partial charge in [0.15, 0.2) is 5.65 Å². The summed E-state index contributed by atoms with van der Waals surface area (Å²) in [5.74, 6) is 0.279. The van der Waals surface area contributed by atoms with Crippen molar-refractivity contribution in [3.8, 4) is 5.82 Å². The van der Waals surface area contributed by atoms with Gasteiger partial charge in [-0.05, 0) is 24.3 Å². The summed E-state index contributed by atoms with van der Waals surface area (Å²) >= 11 is 0. The number of H-pyrrole nitrogens is 1. The van der Waals surface area contributed by atoms with Crippen LogP contribution < -0.4 is 11.2 Å². The number of fused-ring (bicyclic) bond motifs is 3. The molecule has 0 aromatic carbocycles. The van der Waals surface area contributed by atoms with Gasteiger partial charge in [0.05, 0.1) is 5.52 Å². The summed E-state index contributed by atoms with van der Waals surface area (Å²) in [6.45, 7) is 0. The van der Waals surface area contributed by atoms with Gasteiger partial charge in [-0.2, -0.15) is 0 Å². The van der Waals surface area contributed by atoms with E-state index >= 15 is 0 Å². The molecule has 0 radical (unpaired) electrons. The number of hydrogen-bond acceptors (Lipinski definition) is 4. The molecule has 0 fully saturated rings. The number of nitrogens with zero attached hydrogens (tertiary/aromatic N) is 4. The minimum absolute atomic E-state index is 0.267. The lowest BCUT2D eigenvalue weighted by molar-refractivity contribution is 0.863. The molecule has 102 valence electrons. The number of aromatic nitrogens is 5. The molecule has 7 nitrogen and oxygen atoms in total. The van der Waals surface area contributed by atoms with Crippen molar-refractivity contribution in [2.75, 3.05) is 0 Å². The average Bonchev–Trinajstić information content (AvgIpc) is 2.86. The smallest absolute Gasteiger partial charge is 0.289 e. The lowest BCUT2D eigenvalue weighted by atomic mass is 10.3. The second-order valence-electron chi connectivity index (χ2n) is 4.51. The molecule has 0 aliphatic rings. The zero-order chi connectivity index (χ0) is 14.4. The molecular formula is C14H9N5O2. The molecule has 1 N–H and O–H groups in total. The molecule has 0 saturated heterocycles. The Bertz CT molecular complexity index is 1080. The van der Waals surface area contributed by atoms with Gasteiger partial charge in [0.1, 0.15) is 11.2 Å². The average molecular weight is 279 g/mol. The highest BCUT2D eigenvalue weighted by atomic mass is 16.2.